The molecule has 1 unspecified atom stereocenters. The van der Waals surface area contributed by atoms with Gasteiger partial charge < -0.3 is 9.80 Å². The van der Waals surface area contributed by atoms with E-state index in [0.29, 0.717) is 12.8 Å². The van der Waals surface area contributed by atoms with E-state index in [-0.39, 0.29) is 23.9 Å². The highest BCUT2D eigenvalue weighted by Gasteiger charge is 2.25. The maximum Gasteiger partial charge on any atom is 0.236 e. The molecule has 2 N–H and O–H groups in total. The normalized spacial score (nSPS) is 12.5. The number of hydrogen-bond acceptors (Lipinski definition) is 4. The van der Waals surface area contributed by atoms with Gasteiger partial charge in [0.1, 0.15) is 0 Å². The van der Waals surface area contributed by atoms with E-state index in [2.05, 4.69) is 86.7 Å². The van der Waals surface area contributed by atoms with E-state index in [4.69, 9.17) is 0 Å². The van der Waals surface area contributed by atoms with Crippen LogP contribution >= 0.6 is 0 Å². The molecule has 0 aromatic heterocycles. The van der Waals surface area contributed by atoms with Crippen molar-refractivity contribution in [1.29, 1.82) is 0 Å². The van der Waals surface area contributed by atoms with Gasteiger partial charge in [0, 0.05) is 31.5 Å². The molecule has 0 aliphatic carbocycles. The Hall–Kier alpha value is -1.66. The van der Waals surface area contributed by atoms with Gasteiger partial charge in [0.2, 0.25) is 11.8 Å². The van der Waals surface area contributed by atoms with Crippen LogP contribution in [0.3, 0.4) is 0 Å². The van der Waals surface area contributed by atoms with Gasteiger partial charge in [0.05, 0.1) is 0 Å². The second kappa shape index (κ2) is 41.0. The average Bonchev–Trinajstić information content (AvgIpc) is 3.16. The molecule has 0 aromatic carbocycles. The van der Waals surface area contributed by atoms with Crippen molar-refractivity contribution in [3.05, 3.63) is 24.3 Å². The van der Waals surface area contributed by atoms with Gasteiger partial charge in [0.15, 0.2) is 0 Å². The summed E-state index contributed by atoms with van der Waals surface area (Å²) < 4.78 is 0. The SMILES string of the molecule is CCCCC/C=C\CCCC(CCC/C=C\CCCCC)NNC(=O)CC(CCCCCCCCC)N(CCCN(C)C)C(=O)CCCCCCCCC. The highest BCUT2D eigenvalue weighted by molar-refractivity contribution is 5.79. The molecule has 0 aromatic rings. The van der Waals surface area contributed by atoms with E-state index >= 15 is 0 Å². The molecule has 6 heteroatoms. The molecular formula is C48H94N4O2. The molecule has 0 fully saturated rings. The quantitative estimate of drug-likeness (QED) is 0.0370. The fourth-order valence-corrected chi connectivity index (χ4v) is 7.35. The fourth-order valence-electron chi connectivity index (χ4n) is 7.35. The molecule has 0 bridgehead atoms. The predicted octanol–water partition coefficient (Wildman–Crippen LogP) is 13.4. The molecule has 0 saturated carbocycles. The Kier molecular flexibility index (Phi) is 39.7. The number of nitrogens with zero attached hydrogens (tertiary/aromatic N) is 2. The predicted molar refractivity (Wildman–Crippen MR) is 238 cm³/mol. The van der Waals surface area contributed by atoms with Crippen LogP contribution in [0.1, 0.15) is 233 Å². The van der Waals surface area contributed by atoms with E-state index in [9.17, 15) is 9.59 Å². The van der Waals surface area contributed by atoms with Crippen molar-refractivity contribution in [2.45, 2.75) is 245 Å². The summed E-state index contributed by atoms with van der Waals surface area (Å²) in [7, 11) is 4.20. The molecule has 318 valence electrons. The number of hydrogen-bond donors (Lipinski definition) is 2. The molecule has 0 aliphatic heterocycles. The van der Waals surface area contributed by atoms with Crippen LogP contribution in [-0.4, -0.2) is 60.9 Å². The number of rotatable bonds is 41. The minimum Gasteiger partial charge on any atom is -0.339 e. The van der Waals surface area contributed by atoms with Gasteiger partial charge >= 0.3 is 0 Å². The Labute approximate surface area is 337 Å². The second-order valence-electron chi connectivity index (χ2n) is 16.6. The van der Waals surface area contributed by atoms with Crippen LogP contribution in [0.25, 0.3) is 0 Å². The lowest BCUT2D eigenvalue weighted by Gasteiger charge is -2.33. The molecular weight excluding hydrogens is 665 g/mol. The van der Waals surface area contributed by atoms with Gasteiger partial charge in [-0.05, 0) is 104 Å². The van der Waals surface area contributed by atoms with E-state index in [1.807, 2.05) is 0 Å². The lowest BCUT2D eigenvalue weighted by atomic mass is 10.00. The summed E-state index contributed by atoms with van der Waals surface area (Å²) in [4.78, 5) is 31.9. The van der Waals surface area contributed by atoms with Crippen molar-refractivity contribution >= 4 is 11.8 Å². The zero-order chi connectivity index (χ0) is 39.7. The first kappa shape index (κ1) is 52.3. The Morgan fingerprint density at radius 2 is 0.944 bits per heavy atom. The smallest absolute Gasteiger partial charge is 0.236 e. The van der Waals surface area contributed by atoms with Gasteiger partial charge in [-0.15, -0.1) is 0 Å². The molecule has 0 radical (unpaired) electrons. The van der Waals surface area contributed by atoms with Crippen molar-refractivity contribution in [2.75, 3.05) is 27.2 Å². The topological polar surface area (TPSA) is 64.7 Å². The summed E-state index contributed by atoms with van der Waals surface area (Å²) in [6.45, 7) is 10.7. The first-order chi connectivity index (χ1) is 26.4. The molecule has 54 heavy (non-hydrogen) atoms. The van der Waals surface area contributed by atoms with Crippen LogP contribution in [0.15, 0.2) is 24.3 Å². The lowest BCUT2D eigenvalue weighted by molar-refractivity contribution is -0.135. The summed E-state index contributed by atoms with van der Waals surface area (Å²) >= 11 is 0. The van der Waals surface area contributed by atoms with Gasteiger partial charge in [-0.25, -0.2) is 5.43 Å². The van der Waals surface area contributed by atoms with Gasteiger partial charge in [-0.3, -0.25) is 15.0 Å². The standard InChI is InChI=1S/C48H94N4O2/c1-7-11-15-19-23-27-29-33-38-45(39-34-30-28-24-20-16-12-8-2)49-50-47(53)44-46(40-35-31-25-21-17-13-9-3)52(43-37-42-51(5)6)48(54)41-36-32-26-22-18-14-10-4/h23-24,27-28,45-46,49H,7-22,25-26,29-44H2,1-6H3,(H,50,53)/b27-23-,28-24-. The molecule has 1 atom stereocenters. The first-order valence-electron chi connectivity index (χ1n) is 23.7. The Morgan fingerprint density at radius 1 is 0.500 bits per heavy atom. The minimum absolute atomic E-state index is 0.0286. The van der Waals surface area contributed by atoms with Gasteiger partial charge in [-0.2, -0.15) is 0 Å². The average molecular weight is 759 g/mol. The molecule has 0 spiro atoms. The van der Waals surface area contributed by atoms with Crippen molar-refractivity contribution in [1.82, 2.24) is 20.7 Å². The monoisotopic (exact) mass is 759 g/mol. The van der Waals surface area contributed by atoms with Crippen LogP contribution in [-0.2, 0) is 9.59 Å². The van der Waals surface area contributed by atoms with Crippen LogP contribution in [0, 0.1) is 0 Å². The lowest BCUT2D eigenvalue weighted by Crippen LogP contribution is -2.48. The zero-order valence-corrected chi connectivity index (χ0v) is 37.2. The summed E-state index contributed by atoms with van der Waals surface area (Å²) in [5.41, 5.74) is 6.65. The van der Waals surface area contributed by atoms with E-state index in [1.54, 1.807) is 0 Å². The first-order valence-corrected chi connectivity index (χ1v) is 23.7. The summed E-state index contributed by atoms with van der Waals surface area (Å²) in [6, 6.07) is 0.212. The van der Waals surface area contributed by atoms with Crippen LogP contribution in [0.4, 0.5) is 0 Å². The number of unbranched alkanes of at least 4 members (excludes halogenated alkanes) is 20. The third-order valence-electron chi connectivity index (χ3n) is 10.9. The Morgan fingerprint density at radius 3 is 1.44 bits per heavy atom. The number of hydrazine groups is 1. The maximum absolute atomic E-state index is 13.9. The minimum atomic E-state index is -0.0456. The second-order valence-corrected chi connectivity index (χ2v) is 16.6. The van der Waals surface area contributed by atoms with Crippen molar-refractivity contribution < 1.29 is 9.59 Å². The highest BCUT2D eigenvalue weighted by Crippen LogP contribution is 2.19. The van der Waals surface area contributed by atoms with Crippen LogP contribution < -0.4 is 10.9 Å². The van der Waals surface area contributed by atoms with E-state index < -0.39 is 0 Å². The zero-order valence-electron chi connectivity index (χ0n) is 37.2. The summed E-state index contributed by atoms with van der Waals surface area (Å²) in [6.07, 6.45) is 46.0. The van der Waals surface area contributed by atoms with Crippen LogP contribution in [0.5, 0.6) is 0 Å². The molecule has 0 rings (SSSR count). The van der Waals surface area contributed by atoms with E-state index in [1.165, 1.54) is 122 Å². The van der Waals surface area contributed by atoms with Crippen molar-refractivity contribution in [3.8, 4) is 0 Å². The van der Waals surface area contributed by atoms with E-state index in [0.717, 1.165) is 83.7 Å². The summed E-state index contributed by atoms with van der Waals surface area (Å²) in [5.74, 6) is 0.278. The van der Waals surface area contributed by atoms with Crippen molar-refractivity contribution in [3.63, 3.8) is 0 Å². The van der Waals surface area contributed by atoms with Gasteiger partial charge in [-0.1, -0.05) is 161 Å². The molecule has 6 nitrogen and oxygen atoms in total. The highest BCUT2D eigenvalue weighted by atomic mass is 16.2. The number of carbonyl (C=O) groups excluding carboxylic acids is 2. The molecule has 0 saturated heterocycles. The van der Waals surface area contributed by atoms with Crippen LogP contribution in [0.2, 0.25) is 0 Å². The molecule has 0 heterocycles. The largest absolute Gasteiger partial charge is 0.339 e. The number of nitrogens with one attached hydrogen (secondary N) is 2. The Bertz CT molecular complexity index is 847. The molecule has 2 amide bonds. The molecule has 0 aliphatic rings. The number of amides is 2. The number of allylic oxidation sites excluding steroid dienone is 4. The maximum atomic E-state index is 13.9. The van der Waals surface area contributed by atoms with Crippen molar-refractivity contribution in [2.24, 2.45) is 0 Å². The number of carbonyl (C=O) groups is 2. The van der Waals surface area contributed by atoms with Gasteiger partial charge in [0.25, 0.3) is 0 Å². The third kappa shape index (κ3) is 34.8. The summed E-state index contributed by atoms with van der Waals surface area (Å²) in [5, 5.41) is 0. The fraction of sp³-hybridized carbons (Fsp3) is 0.875. The Balaban J connectivity index is 5.53. The third-order valence-corrected chi connectivity index (χ3v) is 10.9.